The summed E-state index contributed by atoms with van der Waals surface area (Å²) in [7, 11) is 0. The maximum absolute atomic E-state index is 4.77. The second kappa shape index (κ2) is 11.1. The van der Waals surface area contributed by atoms with Crippen LogP contribution >= 0.6 is 35.3 Å². The molecule has 27 heavy (non-hydrogen) atoms. The SMILES string of the molecule is CCNC(=NCc1ccccc1-n1ccnc1)NCC(C)c1cccs1.I. The molecule has 0 saturated heterocycles. The van der Waals surface area contributed by atoms with Gasteiger partial charge in [-0.1, -0.05) is 31.2 Å². The molecule has 1 unspecified atom stereocenters. The monoisotopic (exact) mass is 495 g/mol. The zero-order valence-electron chi connectivity index (χ0n) is 15.6. The van der Waals surface area contributed by atoms with Crippen molar-refractivity contribution in [2.75, 3.05) is 13.1 Å². The molecule has 0 aliphatic carbocycles. The summed E-state index contributed by atoms with van der Waals surface area (Å²) in [6.07, 6.45) is 5.56. The van der Waals surface area contributed by atoms with Crippen LogP contribution in [0.2, 0.25) is 0 Å². The molecule has 3 aromatic rings. The lowest BCUT2D eigenvalue weighted by Crippen LogP contribution is -2.39. The van der Waals surface area contributed by atoms with Crippen molar-refractivity contribution in [3.8, 4) is 5.69 Å². The molecule has 0 bridgehead atoms. The van der Waals surface area contributed by atoms with E-state index in [1.54, 1.807) is 17.5 Å². The van der Waals surface area contributed by atoms with Gasteiger partial charge >= 0.3 is 0 Å². The smallest absolute Gasteiger partial charge is 0.191 e. The molecule has 2 heterocycles. The van der Waals surface area contributed by atoms with Crippen molar-refractivity contribution in [3.05, 3.63) is 70.9 Å². The lowest BCUT2D eigenvalue weighted by atomic mass is 10.1. The van der Waals surface area contributed by atoms with E-state index in [2.05, 4.69) is 59.1 Å². The van der Waals surface area contributed by atoms with Crippen LogP contribution < -0.4 is 10.6 Å². The van der Waals surface area contributed by atoms with Crippen LogP contribution in [-0.4, -0.2) is 28.6 Å². The molecule has 0 radical (unpaired) electrons. The van der Waals surface area contributed by atoms with E-state index in [1.165, 1.54) is 4.88 Å². The summed E-state index contributed by atoms with van der Waals surface area (Å²) in [5.74, 6) is 1.30. The highest BCUT2D eigenvalue weighted by Crippen LogP contribution is 2.19. The van der Waals surface area contributed by atoms with Gasteiger partial charge in [-0.3, -0.25) is 0 Å². The minimum atomic E-state index is 0. The van der Waals surface area contributed by atoms with Gasteiger partial charge in [-0.05, 0) is 30.0 Å². The fourth-order valence-electron chi connectivity index (χ4n) is 2.73. The maximum atomic E-state index is 4.77. The highest BCUT2D eigenvalue weighted by Gasteiger charge is 2.08. The molecule has 0 aliphatic heterocycles. The molecule has 144 valence electrons. The normalized spacial score (nSPS) is 12.3. The number of hydrogen-bond acceptors (Lipinski definition) is 3. The third-order valence-electron chi connectivity index (χ3n) is 4.13. The van der Waals surface area contributed by atoms with E-state index in [1.807, 2.05) is 29.2 Å². The van der Waals surface area contributed by atoms with Crippen molar-refractivity contribution < 1.29 is 0 Å². The molecular weight excluding hydrogens is 469 g/mol. The summed E-state index contributed by atoms with van der Waals surface area (Å²) >= 11 is 1.80. The Morgan fingerprint density at radius 3 is 2.78 bits per heavy atom. The number of nitrogens with zero attached hydrogens (tertiary/aromatic N) is 3. The molecule has 5 nitrogen and oxygen atoms in total. The first-order valence-electron chi connectivity index (χ1n) is 8.89. The van der Waals surface area contributed by atoms with Crippen molar-refractivity contribution in [2.45, 2.75) is 26.3 Å². The van der Waals surface area contributed by atoms with Crippen molar-refractivity contribution in [1.29, 1.82) is 0 Å². The Morgan fingerprint density at radius 1 is 1.22 bits per heavy atom. The van der Waals surface area contributed by atoms with Gasteiger partial charge in [0.25, 0.3) is 0 Å². The molecule has 0 spiro atoms. The molecule has 0 saturated carbocycles. The number of aromatic nitrogens is 2. The minimum Gasteiger partial charge on any atom is -0.357 e. The van der Waals surface area contributed by atoms with E-state index < -0.39 is 0 Å². The number of halogens is 1. The summed E-state index contributed by atoms with van der Waals surface area (Å²) < 4.78 is 2.02. The van der Waals surface area contributed by atoms with E-state index in [4.69, 9.17) is 4.99 Å². The van der Waals surface area contributed by atoms with Crippen molar-refractivity contribution in [2.24, 2.45) is 4.99 Å². The Labute approximate surface area is 182 Å². The highest BCUT2D eigenvalue weighted by atomic mass is 127. The van der Waals surface area contributed by atoms with Crippen LogP contribution in [0.1, 0.15) is 30.2 Å². The number of aliphatic imine (C=N–C) groups is 1. The minimum absolute atomic E-state index is 0. The average molecular weight is 495 g/mol. The zero-order valence-corrected chi connectivity index (χ0v) is 18.8. The van der Waals surface area contributed by atoms with E-state index in [0.717, 1.165) is 30.3 Å². The van der Waals surface area contributed by atoms with Gasteiger partial charge in [-0.15, -0.1) is 35.3 Å². The van der Waals surface area contributed by atoms with Gasteiger partial charge < -0.3 is 15.2 Å². The van der Waals surface area contributed by atoms with Crippen LogP contribution in [-0.2, 0) is 6.54 Å². The van der Waals surface area contributed by atoms with Crippen LogP contribution in [0.5, 0.6) is 0 Å². The lowest BCUT2D eigenvalue weighted by Gasteiger charge is -2.15. The molecule has 2 N–H and O–H groups in total. The van der Waals surface area contributed by atoms with Crippen molar-refractivity contribution in [1.82, 2.24) is 20.2 Å². The predicted molar refractivity (Wildman–Crippen MR) is 125 cm³/mol. The number of thiophene rings is 1. The Morgan fingerprint density at radius 2 is 2.07 bits per heavy atom. The largest absolute Gasteiger partial charge is 0.357 e. The molecule has 7 heteroatoms. The van der Waals surface area contributed by atoms with Gasteiger partial charge in [0, 0.05) is 36.3 Å². The molecular formula is C20H26IN5S. The fourth-order valence-corrected chi connectivity index (χ4v) is 3.51. The van der Waals surface area contributed by atoms with E-state index >= 15 is 0 Å². The molecule has 2 aromatic heterocycles. The van der Waals surface area contributed by atoms with Crippen LogP contribution in [0.4, 0.5) is 0 Å². The topological polar surface area (TPSA) is 54.2 Å². The summed E-state index contributed by atoms with van der Waals surface area (Å²) in [4.78, 5) is 10.3. The third-order valence-corrected chi connectivity index (χ3v) is 5.23. The Kier molecular flexibility index (Phi) is 8.80. The molecule has 0 aliphatic rings. The number of nitrogens with one attached hydrogen (secondary N) is 2. The second-order valence-corrected chi connectivity index (χ2v) is 7.07. The van der Waals surface area contributed by atoms with Gasteiger partial charge in [0.05, 0.1) is 18.6 Å². The van der Waals surface area contributed by atoms with Crippen molar-refractivity contribution in [3.63, 3.8) is 0 Å². The summed E-state index contributed by atoms with van der Waals surface area (Å²) in [6, 6.07) is 12.6. The summed E-state index contributed by atoms with van der Waals surface area (Å²) in [5, 5.41) is 8.91. The van der Waals surface area contributed by atoms with Crippen LogP contribution in [0, 0.1) is 0 Å². The predicted octanol–water partition coefficient (Wildman–Crippen LogP) is 4.41. The third kappa shape index (κ3) is 6.07. The summed E-state index contributed by atoms with van der Waals surface area (Å²) in [6.45, 7) is 6.62. The fraction of sp³-hybridized carbons (Fsp3) is 0.300. The quantitative estimate of drug-likeness (QED) is 0.290. The van der Waals surface area contributed by atoms with Gasteiger partial charge in [-0.25, -0.2) is 9.98 Å². The number of rotatable bonds is 7. The molecule has 1 atom stereocenters. The molecule has 3 rings (SSSR count). The maximum Gasteiger partial charge on any atom is 0.191 e. The van der Waals surface area contributed by atoms with Gasteiger partial charge in [0.15, 0.2) is 5.96 Å². The van der Waals surface area contributed by atoms with Gasteiger partial charge in [0.1, 0.15) is 0 Å². The van der Waals surface area contributed by atoms with Gasteiger partial charge in [0.2, 0.25) is 0 Å². The first-order chi connectivity index (χ1) is 12.8. The number of imidazole rings is 1. The lowest BCUT2D eigenvalue weighted by molar-refractivity contribution is 0.709. The number of guanidine groups is 1. The van der Waals surface area contributed by atoms with Crippen molar-refractivity contribution >= 4 is 41.3 Å². The zero-order chi connectivity index (χ0) is 18.2. The van der Waals surface area contributed by atoms with Crippen LogP contribution in [0.15, 0.2) is 65.5 Å². The first-order valence-corrected chi connectivity index (χ1v) is 9.77. The van der Waals surface area contributed by atoms with Crippen LogP contribution in [0.3, 0.4) is 0 Å². The van der Waals surface area contributed by atoms with E-state index in [9.17, 15) is 0 Å². The van der Waals surface area contributed by atoms with E-state index in [-0.39, 0.29) is 24.0 Å². The summed E-state index contributed by atoms with van der Waals surface area (Å²) in [5.41, 5.74) is 2.27. The van der Waals surface area contributed by atoms with E-state index in [0.29, 0.717) is 12.5 Å². The van der Waals surface area contributed by atoms with Crippen LogP contribution in [0.25, 0.3) is 5.69 Å². The molecule has 0 fully saturated rings. The Hall–Kier alpha value is -1.87. The Bertz CT molecular complexity index is 815. The average Bonchev–Trinajstić information content (AvgIpc) is 3.38. The molecule has 1 aromatic carbocycles. The second-order valence-electron chi connectivity index (χ2n) is 6.09. The number of hydrogen-bond donors (Lipinski definition) is 2. The standard InChI is InChI=1S/C20H25N5S.HI/c1-3-22-20(23-13-16(2)19-9-6-12-26-19)24-14-17-7-4-5-8-18(17)25-11-10-21-15-25;/h4-12,15-16H,3,13-14H2,1-2H3,(H2,22,23,24);1H. The number of benzene rings is 1. The van der Waals surface area contributed by atoms with Gasteiger partial charge in [-0.2, -0.15) is 0 Å². The highest BCUT2D eigenvalue weighted by molar-refractivity contribution is 14.0. The molecule has 0 amide bonds. The first kappa shape index (κ1) is 21.4. The number of para-hydroxylation sites is 1. The Balaban J connectivity index is 0.00000261.